The third kappa shape index (κ3) is 2.37. The molecule has 2 aromatic carbocycles. The largest absolute Gasteiger partial charge is 0.478 e. The summed E-state index contributed by atoms with van der Waals surface area (Å²) in [4.78, 5) is 41.7. The smallest absolute Gasteiger partial charge is 0.335 e. The Morgan fingerprint density at radius 3 is 2.72 bits per heavy atom. The van der Waals surface area contributed by atoms with Crippen molar-refractivity contribution in [3.05, 3.63) is 60.4 Å². The van der Waals surface area contributed by atoms with Gasteiger partial charge in [-0.3, -0.25) is 9.59 Å². The Labute approximate surface area is 142 Å². The minimum Gasteiger partial charge on any atom is -0.478 e. The average molecular weight is 335 g/mol. The number of aromatic nitrogens is 2. The molecule has 1 atom stereocenters. The van der Waals surface area contributed by atoms with Crippen molar-refractivity contribution in [2.45, 2.75) is 12.5 Å². The summed E-state index contributed by atoms with van der Waals surface area (Å²) in [6.45, 7) is 0. The standard InChI is InChI=1S/C18H13N3O4/c22-16-9-15(20-10-19-13-6-1-2-7-14(13)20)17(23)21(16)12-5-3-4-11(8-12)18(24)25/h1-8,10,15H,9H2,(H,24,25). The van der Waals surface area contributed by atoms with Crippen molar-refractivity contribution in [1.29, 1.82) is 0 Å². The molecule has 1 fully saturated rings. The topological polar surface area (TPSA) is 92.5 Å². The zero-order valence-corrected chi connectivity index (χ0v) is 13.0. The SMILES string of the molecule is O=C(O)c1cccc(N2C(=O)CC(n3cnc4ccccc43)C2=O)c1. The van der Waals surface area contributed by atoms with Crippen LogP contribution in [0.3, 0.4) is 0 Å². The normalized spacial score (nSPS) is 17.4. The number of carboxylic acid groups (broad SMARTS) is 1. The molecule has 1 N–H and O–H groups in total. The van der Waals surface area contributed by atoms with Crippen molar-refractivity contribution < 1.29 is 19.5 Å². The molecule has 0 bridgehead atoms. The van der Waals surface area contributed by atoms with E-state index in [1.807, 2.05) is 24.3 Å². The van der Waals surface area contributed by atoms with Gasteiger partial charge >= 0.3 is 5.97 Å². The molecule has 0 aliphatic carbocycles. The van der Waals surface area contributed by atoms with E-state index in [0.717, 1.165) is 15.9 Å². The zero-order chi connectivity index (χ0) is 17.6. The molecule has 25 heavy (non-hydrogen) atoms. The fourth-order valence-corrected chi connectivity index (χ4v) is 3.11. The van der Waals surface area contributed by atoms with Crippen LogP contribution in [0.2, 0.25) is 0 Å². The number of benzene rings is 2. The predicted octanol–water partition coefficient (Wildman–Crippen LogP) is 2.24. The van der Waals surface area contributed by atoms with Gasteiger partial charge in [0.2, 0.25) is 5.91 Å². The van der Waals surface area contributed by atoms with E-state index in [1.54, 1.807) is 17.0 Å². The van der Waals surface area contributed by atoms with Crippen LogP contribution in [-0.2, 0) is 9.59 Å². The number of aromatic carboxylic acids is 1. The van der Waals surface area contributed by atoms with E-state index < -0.39 is 17.9 Å². The summed E-state index contributed by atoms with van der Waals surface area (Å²) in [5.74, 6) is -1.87. The van der Waals surface area contributed by atoms with Gasteiger partial charge in [-0.25, -0.2) is 14.7 Å². The number of hydrogen-bond donors (Lipinski definition) is 1. The molecule has 2 heterocycles. The average Bonchev–Trinajstić information content (AvgIpc) is 3.15. The van der Waals surface area contributed by atoms with E-state index in [2.05, 4.69) is 4.98 Å². The third-order valence-electron chi connectivity index (χ3n) is 4.29. The molecule has 1 unspecified atom stereocenters. The number of nitrogens with zero attached hydrogens (tertiary/aromatic N) is 3. The van der Waals surface area contributed by atoms with Crippen LogP contribution in [0.1, 0.15) is 22.8 Å². The maximum absolute atomic E-state index is 12.8. The Bertz CT molecular complexity index is 1020. The number of fused-ring (bicyclic) bond motifs is 1. The highest BCUT2D eigenvalue weighted by Crippen LogP contribution is 2.32. The first-order valence-corrected chi connectivity index (χ1v) is 7.68. The number of anilines is 1. The highest BCUT2D eigenvalue weighted by molar-refractivity contribution is 6.22. The molecular formula is C18H13N3O4. The zero-order valence-electron chi connectivity index (χ0n) is 13.0. The highest BCUT2D eigenvalue weighted by atomic mass is 16.4. The van der Waals surface area contributed by atoms with E-state index in [-0.39, 0.29) is 23.6 Å². The lowest BCUT2D eigenvalue weighted by atomic mass is 10.2. The van der Waals surface area contributed by atoms with Gasteiger partial charge in [-0.1, -0.05) is 18.2 Å². The molecule has 0 radical (unpaired) electrons. The van der Waals surface area contributed by atoms with E-state index >= 15 is 0 Å². The monoisotopic (exact) mass is 335 g/mol. The van der Waals surface area contributed by atoms with Crippen molar-refractivity contribution >= 4 is 34.5 Å². The molecule has 0 spiro atoms. The van der Waals surface area contributed by atoms with Crippen LogP contribution < -0.4 is 4.90 Å². The number of rotatable bonds is 3. The summed E-state index contributed by atoms with van der Waals surface area (Å²) in [6, 6.07) is 12.5. The van der Waals surface area contributed by atoms with Gasteiger partial charge in [0, 0.05) is 0 Å². The predicted molar refractivity (Wildman–Crippen MR) is 89.3 cm³/mol. The van der Waals surface area contributed by atoms with Gasteiger partial charge in [0.25, 0.3) is 5.91 Å². The van der Waals surface area contributed by atoms with Crippen molar-refractivity contribution in [3.8, 4) is 0 Å². The van der Waals surface area contributed by atoms with E-state index in [0.29, 0.717) is 0 Å². The Morgan fingerprint density at radius 1 is 1.12 bits per heavy atom. The van der Waals surface area contributed by atoms with E-state index in [1.165, 1.54) is 18.2 Å². The summed E-state index contributed by atoms with van der Waals surface area (Å²) >= 11 is 0. The van der Waals surface area contributed by atoms with Gasteiger partial charge in [-0.05, 0) is 30.3 Å². The molecule has 3 aromatic rings. The summed E-state index contributed by atoms with van der Waals surface area (Å²) < 4.78 is 1.69. The first-order valence-electron chi connectivity index (χ1n) is 7.68. The number of imidazole rings is 1. The van der Waals surface area contributed by atoms with Crippen molar-refractivity contribution in [2.24, 2.45) is 0 Å². The fraction of sp³-hybridized carbons (Fsp3) is 0.111. The molecule has 4 rings (SSSR count). The number of imide groups is 1. The van der Waals surface area contributed by atoms with Crippen LogP contribution in [0.25, 0.3) is 11.0 Å². The molecule has 1 aliphatic rings. The lowest BCUT2D eigenvalue weighted by molar-refractivity contribution is -0.122. The summed E-state index contributed by atoms with van der Waals surface area (Å²) in [5, 5.41) is 9.10. The Balaban J connectivity index is 1.73. The highest BCUT2D eigenvalue weighted by Gasteiger charge is 2.41. The molecule has 124 valence electrons. The molecule has 1 aromatic heterocycles. The lowest BCUT2D eigenvalue weighted by Gasteiger charge is -2.16. The van der Waals surface area contributed by atoms with Crippen LogP contribution in [0, 0.1) is 0 Å². The molecule has 0 saturated carbocycles. The van der Waals surface area contributed by atoms with Gasteiger partial charge in [-0.2, -0.15) is 0 Å². The number of amides is 2. The van der Waals surface area contributed by atoms with Crippen LogP contribution in [0.5, 0.6) is 0 Å². The third-order valence-corrected chi connectivity index (χ3v) is 4.29. The molecule has 1 saturated heterocycles. The molecule has 1 aliphatic heterocycles. The van der Waals surface area contributed by atoms with Crippen LogP contribution in [-0.4, -0.2) is 32.4 Å². The maximum Gasteiger partial charge on any atom is 0.335 e. The molecule has 7 nitrogen and oxygen atoms in total. The van der Waals surface area contributed by atoms with Crippen molar-refractivity contribution in [1.82, 2.24) is 9.55 Å². The number of carbonyl (C=O) groups excluding carboxylic acids is 2. The minimum absolute atomic E-state index is 0.0104. The summed E-state index contributed by atoms with van der Waals surface area (Å²) in [7, 11) is 0. The van der Waals surface area contributed by atoms with Gasteiger partial charge in [0.05, 0.1) is 35.0 Å². The van der Waals surface area contributed by atoms with Crippen LogP contribution in [0.4, 0.5) is 5.69 Å². The second kappa shape index (κ2) is 5.55. The second-order valence-corrected chi connectivity index (χ2v) is 5.78. The van der Waals surface area contributed by atoms with Crippen molar-refractivity contribution in [3.63, 3.8) is 0 Å². The Morgan fingerprint density at radius 2 is 1.92 bits per heavy atom. The van der Waals surface area contributed by atoms with E-state index in [4.69, 9.17) is 5.11 Å². The van der Waals surface area contributed by atoms with Gasteiger partial charge < -0.3 is 9.67 Å². The van der Waals surface area contributed by atoms with E-state index in [9.17, 15) is 14.4 Å². The van der Waals surface area contributed by atoms with Gasteiger partial charge in [0.1, 0.15) is 6.04 Å². The Hall–Kier alpha value is -3.48. The molecule has 7 heteroatoms. The number of para-hydroxylation sites is 2. The van der Waals surface area contributed by atoms with Crippen molar-refractivity contribution in [2.75, 3.05) is 4.90 Å². The first kappa shape index (κ1) is 15.1. The van der Waals surface area contributed by atoms with Crippen LogP contribution >= 0.6 is 0 Å². The van der Waals surface area contributed by atoms with Gasteiger partial charge in [-0.15, -0.1) is 0 Å². The number of carbonyl (C=O) groups is 3. The number of hydrogen-bond acceptors (Lipinski definition) is 4. The minimum atomic E-state index is -1.11. The first-order chi connectivity index (χ1) is 12.1. The van der Waals surface area contributed by atoms with Crippen LogP contribution in [0.15, 0.2) is 54.9 Å². The summed E-state index contributed by atoms with van der Waals surface area (Å²) in [6.07, 6.45) is 1.56. The summed E-state index contributed by atoms with van der Waals surface area (Å²) in [5.41, 5.74) is 1.81. The number of carboxylic acids is 1. The quantitative estimate of drug-likeness (QED) is 0.741. The fourth-order valence-electron chi connectivity index (χ4n) is 3.11. The molecule has 2 amide bonds. The Kier molecular flexibility index (Phi) is 3.35. The maximum atomic E-state index is 12.8. The second-order valence-electron chi connectivity index (χ2n) is 5.78. The lowest BCUT2D eigenvalue weighted by Crippen LogP contribution is -2.31. The molecular weight excluding hydrogens is 322 g/mol. The van der Waals surface area contributed by atoms with Gasteiger partial charge in [0.15, 0.2) is 0 Å².